The second-order valence-electron chi connectivity index (χ2n) is 7.10. The number of benzene rings is 1. The highest BCUT2D eigenvalue weighted by Gasteiger charge is 1.98. The molecule has 0 amide bonds. The third-order valence-electron chi connectivity index (χ3n) is 4.73. The summed E-state index contributed by atoms with van der Waals surface area (Å²) in [6.07, 6.45) is 12.0. The van der Waals surface area contributed by atoms with Gasteiger partial charge in [-0.2, -0.15) is 0 Å². The molecule has 0 bridgehead atoms. The van der Waals surface area contributed by atoms with Gasteiger partial charge in [-0.1, -0.05) is 36.4 Å². The number of hydrogen-bond acceptors (Lipinski definition) is 4. The van der Waals surface area contributed by atoms with E-state index in [0.29, 0.717) is 0 Å². The lowest BCUT2D eigenvalue weighted by Crippen LogP contribution is -2.17. The maximum absolute atomic E-state index is 4.16. The number of aromatic nitrogens is 2. The van der Waals surface area contributed by atoms with Gasteiger partial charge in [-0.05, 0) is 73.2 Å². The Morgan fingerprint density at radius 2 is 1.11 bits per heavy atom. The molecule has 2 N–H and O–H groups in total. The minimum absolute atomic E-state index is 0.919. The van der Waals surface area contributed by atoms with Crippen LogP contribution in [-0.2, 0) is 25.9 Å². The monoisotopic (exact) mass is 374 g/mol. The van der Waals surface area contributed by atoms with E-state index in [0.717, 1.165) is 51.9 Å². The van der Waals surface area contributed by atoms with E-state index in [1.165, 1.54) is 22.3 Å². The molecule has 28 heavy (non-hydrogen) atoms. The molecule has 4 nitrogen and oxygen atoms in total. The van der Waals surface area contributed by atoms with Crippen LogP contribution in [0.15, 0.2) is 73.3 Å². The van der Waals surface area contributed by atoms with Crippen LogP contribution in [-0.4, -0.2) is 23.1 Å². The van der Waals surface area contributed by atoms with Gasteiger partial charge in [-0.3, -0.25) is 9.97 Å². The van der Waals surface area contributed by atoms with Crippen LogP contribution >= 0.6 is 0 Å². The van der Waals surface area contributed by atoms with Crippen molar-refractivity contribution in [3.05, 3.63) is 95.6 Å². The van der Waals surface area contributed by atoms with Crippen LogP contribution in [0.2, 0.25) is 0 Å². The quantitative estimate of drug-likeness (QED) is 0.472. The minimum atomic E-state index is 0.919. The predicted molar refractivity (Wildman–Crippen MR) is 115 cm³/mol. The lowest BCUT2D eigenvalue weighted by Gasteiger charge is -2.09. The maximum Gasteiger partial charge on any atom is 0.0299 e. The number of pyridine rings is 2. The zero-order chi connectivity index (χ0) is 19.3. The van der Waals surface area contributed by atoms with Crippen molar-refractivity contribution in [1.82, 2.24) is 20.6 Å². The van der Waals surface area contributed by atoms with Crippen LogP contribution < -0.4 is 10.6 Å². The molecule has 3 aromatic rings. The van der Waals surface area contributed by atoms with Crippen molar-refractivity contribution >= 4 is 0 Å². The van der Waals surface area contributed by atoms with E-state index in [-0.39, 0.29) is 0 Å². The first-order chi connectivity index (χ1) is 13.9. The number of nitrogens with zero attached hydrogens (tertiary/aromatic N) is 2. The Labute approximate surface area is 168 Å². The lowest BCUT2D eigenvalue weighted by molar-refractivity contribution is 0.640. The summed E-state index contributed by atoms with van der Waals surface area (Å²) in [6, 6.07) is 17.1. The highest BCUT2D eigenvalue weighted by Crippen LogP contribution is 2.06. The van der Waals surface area contributed by atoms with Crippen molar-refractivity contribution in [3.63, 3.8) is 0 Å². The fourth-order valence-electron chi connectivity index (χ4n) is 3.24. The Kier molecular flexibility index (Phi) is 8.66. The average Bonchev–Trinajstić information content (AvgIpc) is 2.75. The molecule has 2 heterocycles. The zero-order valence-corrected chi connectivity index (χ0v) is 16.5. The van der Waals surface area contributed by atoms with Gasteiger partial charge in [-0.25, -0.2) is 0 Å². The highest BCUT2D eigenvalue weighted by atomic mass is 14.9. The van der Waals surface area contributed by atoms with E-state index < -0.39 is 0 Å². The molecule has 0 saturated carbocycles. The number of hydrogen-bond donors (Lipinski definition) is 2. The molecule has 0 aliphatic carbocycles. The first kappa shape index (κ1) is 20.2. The number of aryl methyl sites for hydroxylation is 2. The smallest absolute Gasteiger partial charge is 0.0299 e. The van der Waals surface area contributed by atoms with Crippen LogP contribution in [0.1, 0.15) is 35.1 Å². The normalized spacial score (nSPS) is 10.9. The maximum atomic E-state index is 4.16. The Balaban J connectivity index is 1.29. The molecular formula is C24H30N4. The standard InChI is InChI=1S/C24H30N4/c1-6-23(19-27-14-4-10-21-8-2-12-25-17-21)16-24(7-1)20-28-15-5-11-22-9-3-13-26-18-22/h1-3,6-9,12-13,16-18,27-28H,4-5,10-11,14-15,19-20H2. The minimum Gasteiger partial charge on any atom is -0.313 e. The van der Waals surface area contributed by atoms with Gasteiger partial charge in [0.15, 0.2) is 0 Å². The van der Waals surface area contributed by atoms with Gasteiger partial charge in [0.2, 0.25) is 0 Å². The lowest BCUT2D eigenvalue weighted by atomic mass is 10.1. The average molecular weight is 375 g/mol. The van der Waals surface area contributed by atoms with Crippen LogP contribution in [0, 0.1) is 0 Å². The number of rotatable bonds is 12. The van der Waals surface area contributed by atoms with E-state index in [1.54, 1.807) is 0 Å². The summed E-state index contributed by atoms with van der Waals surface area (Å²) in [7, 11) is 0. The molecule has 0 aliphatic rings. The Bertz CT molecular complexity index is 725. The molecule has 1 aromatic carbocycles. The molecule has 0 unspecified atom stereocenters. The van der Waals surface area contributed by atoms with Crippen molar-refractivity contribution in [3.8, 4) is 0 Å². The van der Waals surface area contributed by atoms with Crippen LogP contribution in [0.4, 0.5) is 0 Å². The third kappa shape index (κ3) is 7.59. The summed E-state index contributed by atoms with van der Waals surface area (Å²) in [5.74, 6) is 0. The van der Waals surface area contributed by atoms with E-state index in [2.05, 4.69) is 57.0 Å². The summed E-state index contributed by atoms with van der Waals surface area (Å²) in [5.41, 5.74) is 5.30. The molecule has 146 valence electrons. The topological polar surface area (TPSA) is 49.8 Å². The van der Waals surface area contributed by atoms with Crippen molar-refractivity contribution < 1.29 is 0 Å². The Morgan fingerprint density at radius 3 is 1.57 bits per heavy atom. The van der Waals surface area contributed by atoms with E-state index in [4.69, 9.17) is 0 Å². The first-order valence-corrected chi connectivity index (χ1v) is 10.2. The molecule has 2 aromatic heterocycles. The van der Waals surface area contributed by atoms with Gasteiger partial charge in [0.05, 0.1) is 0 Å². The number of nitrogens with one attached hydrogen (secondary N) is 2. The van der Waals surface area contributed by atoms with Crippen LogP contribution in [0.5, 0.6) is 0 Å². The summed E-state index contributed by atoms with van der Waals surface area (Å²) in [5, 5.41) is 7.09. The molecule has 0 atom stereocenters. The Morgan fingerprint density at radius 1 is 0.607 bits per heavy atom. The molecule has 3 rings (SSSR count). The van der Waals surface area contributed by atoms with E-state index >= 15 is 0 Å². The fourth-order valence-corrected chi connectivity index (χ4v) is 3.24. The molecular weight excluding hydrogens is 344 g/mol. The van der Waals surface area contributed by atoms with Crippen molar-refractivity contribution in [2.45, 2.75) is 38.8 Å². The Hall–Kier alpha value is -2.56. The second kappa shape index (κ2) is 12.0. The molecule has 0 fully saturated rings. The molecule has 0 radical (unpaired) electrons. The molecule has 4 heteroatoms. The zero-order valence-electron chi connectivity index (χ0n) is 16.5. The molecule has 0 saturated heterocycles. The predicted octanol–water partition coefficient (Wildman–Crippen LogP) is 3.92. The van der Waals surface area contributed by atoms with Gasteiger partial charge >= 0.3 is 0 Å². The molecule has 0 spiro atoms. The van der Waals surface area contributed by atoms with Crippen molar-refractivity contribution in [2.24, 2.45) is 0 Å². The van der Waals surface area contributed by atoms with Crippen molar-refractivity contribution in [2.75, 3.05) is 13.1 Å². The summed E-state index contributed by atoms with van der Waals surface area (Å²) >= 11 is 0. The van der Waals surface area contributed by atoms with Gasteiger partial charge in [0.25, 0.3) is 0 Å². The summed E-state index contributed by atoms with van der Waals surface area (Å²) in [4.78, 5) is 8.33. The van der Waals surface area contributed by atoms with Gasteiger partial charge in [0.1, 0.15) is 0 Å². The first-order valence-electron chi connectivity index (χ1n) is 10.2. The fraction of sp³-hybridized carbons (Fsp3) is 0.333. The molecule has 0 aliphatic heterocycles. The van der Waals surface area contributed by atoms with Gasteiger partial charge in [-0.15, -0.1) is 0 Å². The second-order valence-corrected chi connectivity index (χ2v) is 7.10. The van der Waals surface area contributed by atoms with Crippen LogP contribution in [0.25, 0.3) is 0 Å². The third-order valence-corrected chi connectivity index (χ3v) is 4.73. The summed E-state index contributed by atoms with van der Waals surface area (Å²) in [6.45, 7) is 3.88. The van der Waals surface area contributed by atoms with Gasteiger partial charge < -0.3 is 10.6 Å². The van der Waals surface area contributed by atoms with Crippen molar-refractivity contribution in [1.29, 1.82) is 0 Å². The van der Waals surface area contributed by atoms with Gasteiger partial charge in [0, 0.05) is 37.9 Å². The summed E-state index contributed by atoms with van der Waals surface area (Å²) < 4.78 is 0. The highest BCUT2D eigenvalue weighted by molar-refractivity contribution is 5.23. The largest absolute Gasteiger partial charge is 0.313 e. The van der Waals surface area contributed by atoms with E-state index in [9.17, 15) is 0 Å². The SMILES string of the molecule is c1cncc(CCCNCc2cccc(CNCCCc3cccnc3)c2)c1. The van der Waals surface area contributed by atoms with Crippen LogP contribution in [0.3, 0.4) is 0 Å². The van der Waals surface area contributed by atoms with E-state index in [1.807, 2.05) is 36.9 Å².